The molecule has 22 heavy (non-hydrogen) atoms. The van der Waals surface area contributed by atoms with Crippen LogP contribution in [-0.4, -0.2) is 11.9 Å². The van der Waals surface area contributed by atoms with Gasteiger partial charge in [0, 0.05) is 11.6 Å². The summed E-state index contributed by atoms with van der Waals surface area (Å²) in [6, 6.07) is 20.2. The average molecular weight is 291 g/mol. The fraction of sp³-hybridized carbons (Fsp3) is 0.250. The maximum absolute atomic E-state index is 12.7. The van der Waals surface area contributed by atoms with Crippen LogP contribution >= 0.6 is 0 Å². The minimum atomic E-state index is 0.0296. The second-order valence-corrected chi connectivity index (χ2v) is 5.79. The molecule has 0 saturated heterocycles. The number of hydrogen-bond acceptors (Lipinski definition) is 1. The molecule has 0 unspecified atom stereocenters. The third kappa shape index (κ3) is 3.64. The molecule has 0 aromatic heterocycles. The molecule has 1 saturated carbocycles. The van der Waals surface area contributed by atoms with Crippen molar-refractivity contribution in [3.05, 3.63) is 71.8 Å². The van der Waals surface area contributed by atoms with Gasteiger partial charge in [-0.25, -0.2) is 0 Å². The standard InChI is InChI=1S/C20H21NO/c22-20(21-18-13-7-8-14-18)19(17-11-5-2-6-12-17)15-16-9-3-1-4-10-16/h1-6,9-12,15,18H,7-8,13-14H2,(H,21,22)/b19-15-. The van der Waals surface area contributed by atoms with Crippen LogP contribution in [0.15, 0.2) is 60.7 Å². The molecule has 1 amide bonds. The topological polar surface area (TPSA) is 29.1 Å². The third-order valence-electron chi connectivity index (χ3n) is 4.13. The van der Waals surface area contributed by atoms with Crippen LogP contribution < -0.4 is 5.32 Å². The Kier molecular flexibility index (Phi) is 4.69. The summed E-state index contributed by atoms with van der Waals surface area (Å²) >= 11 is 0. The summed E-state index contributed by atoms with van der Waals surface area (Å²) < 4.78 is 0. The van der Waals surface area contributed by atoms with Crippen molar-refractivity contribution in [3.63, 3.8) is 0 Å². The lowest BCUT2D eigenvalue weighted by Crippen LogP contribution is -2.33. The van der Waals surface area contributed by atoms with E-state index in [1.807, 2.05) is 66.7 Å². The number of carbonyl (C=O) groups is 1. The number of nitrogens with one attached hydrogen (secondary N) is 1. The Bertz CT molecular complexity index is 640. The van der Waals surface area contributed by atoms with E-state index in [0.29, 0.717) is 6.04 Å². The van der Waals surface area contributed by atoms with E-state index >= 15 is 0 Å². The monoisotopic (exact) mass is 291 g/mol. The van der Waals surface area contributed by atoms with Crippen LogP contribution in [0.4, 0.5) is 0 Å². The number of amides is 1. The van der Waals surface area contributed by atoms with Gasteiger partial charge in [-0.05, 0) is 30.0 Å². The van der Waals surface area contributed by atoms with Gasteiger partial charge < -0.3 is 5.32 Å². The summed E-state index contributed by atoms with van der Waals surface area (Å²) in [5.41, 5.74) is 2.74. The lowest BCUT2D eigenvalue weighted by Gasteiger charge is -2.14. The van der Waals surface area contributed by atoms with Crippen molar-refractivity contribution in [2.75, 3.05) is 0 Å². The highest BCUT2D eigenvalue weighted by Crippen LogP contribution is 2.22. The number of rotatable bonds is 4. The van der Waals surface area contributed by atoms with E-state index in [0.717, 1.165) is 29.5 Å². The van der Waals surface area contributed by atoms with Crippen LogP contribution in [0.1, 0.15) is 36.8 Å². The molecular weight excluding hydrogens is 270 g/mol. The molecule has 2 heteroatoms. The second kappa shape index (κ2) is 7.08. The molecule has 112 valence electrons. The van der Waals surface area contributed by atoms with Gasteiger partial charge in [-0.1, -0.05) is 73.5 Å². The van der Waals surface area contributed by atoms with Crippen molar-refractivity contribution >= 4 is 17.6 Å². The Morgan fingerprint density at radius 2 is 1.50 bits per heavy atom. The van der Waals surface area contributed by atoms with Crippen molar-refractivity contribution < 1.29 is 4.79 Å². The maximum Gasteiger partial charge on any atom is 0.252 e. The zero-order valence-corrected chi connectivity index (χ0v) is 12.7. The minimum absolute atomic E-state index is 0.0296. The highest BCUT2D eigenvalue weighted by atomic mass is 16.1. The molecule has 0 spiro atoms. The number of benzene rings is 2. The first kappa shape index (κ1) is 14.6. The van der Waals surface area contributed by atoms with Gasteiger partial charge in [0.2, 0.25) is 0 Å². The van der Waals surface area contributed by atoms with Crippen molar-refractivity contribution in [2.45, 2.75) is 31.7 Å². The Hall–Kier alpha value is -2.35. The SMILES string of the molecule is O=C(NC1CCCC1)/C(=C\c1ccccc1)c1ccccc1. The maximum atomic E-state index is 12.7. The van der Waals surface area contributed by atoms with Crippen molar-refractivity contribution in [2.24, 2.45) is 0 Å². The molecule has 1 aliphatic carbocycles. The van der Waals surface area contributed by atoms with E-state index in [1.165, 1.54) is 12.8 Å². The fourth-order valence-electron chi connectivity index (χ4n) is 2.95. The Morgan fingerprint density at radius 1 is 0.909 bits per heavy atom. The third-order valence-corrected chi connectivity index (χ3v) is 4.13. The minimum Gasteiger partial charge on any atom is -0.349 e. The largest absolute Gasteiger partial charge is 0.349 e. The first-order valence-corrected chi connectivity index (χ1v) is 7.96. The van der Waals surface area contributed by atoms with E-state index < -0.39 is 0 Å². The summed E-state index contributed by atoms with van der Waals surface area (Å²) in [5, 5.41) is 3.19. The molecule has 0 heterocycles. The first-order chi connectivity index (χ1) is 10.8. The predicted molar refractivity (Wildman–Crippen MR) is 91.2 cm³/mol. The predicted octanol–water partition coefficient (Wildman–Crippen LogP) is 4.29. The zero-order valence-electron chi connectivity index (χ0n) is 12.7. The summed E-state index contributed by atoms with van der Waals surface area (Å²) in [6.07, 6.45) is 6.60. The molecule has 2 aromatic rings. The summed E-state index contributed by atoms with van der Waals surface area (Å²) in [7, 11) is 0. The van der Waals surface area contributed by atoms with E-state index in [9.17, 15) is 4.79 Å². The average Bonchev–Trinajstić information content (AvgIpc) is 3.07. The summed E-state index contributed by atoms with van der Waals surface area (Å²) in [6.45, 7) is 0. The van der Waals surface area contributed by atoms with Gasteiger partial charge in [-0.2, -0.15) is 0 Å². The normalized spacial score (nSPS) is 15.7. The van der Waals surface area contributed by atoms with Gasteiger partial charge in [0.05, 0.1) is 0 Å². The molecule has 0 atom stereocenters. The number of hydrogen-bond donors (Lipinski definition) is 1. The first-order valence-electron chi connectivity index (χ1n) is 7.96. The van der Waals surface area contributed by atoms with Crippen molar-refractivity contribution in [1.29, 1.82) is 0 Å². The van der Waals surface area contributed by atoms with Crippen molar-refractivity contribution in [1.82, 2.24) is 5.32 Å². The van der Waals surface area contributed by atoms with Gasteiger partial charge in [0.15, 0.2) is 0 Å². The highest BCUT2D eigenvalue weighted by Gasteiger charge is 2.20. The molecule has 1 fully saturated rings. The molecule has 2 aromatic carbocycles. The molecule has 0 bridgehead atoms. The number of carbonyl (C=O) groups excluding carboxylic acids is 1. The second-order valence-electron chi connectivity index (χ2n) is 5.79. The van der Waals surface area contributed by atoms with Crippen LogP contribution in [0.25, 0.3) is 11.6 Å². The lowest BCUT2D eigenvalue weighted by molar-refractivity contribution is -0.116. The van der Waals surface area contributed by atoms with Crippen molar-refractivity contribution in [3.8, 4) is 0 Å². The highest BCUT2D eigenvalue weighted by molar-refractivity contribution is 6.24. The van der Waals surface area contributed by atoms with Gasteiger partial charge in [0.25, 0.3) is 5.91 Å². The van der Waals surface area contributed by atoms with Gasteiger partial charge in [-0.3, -0.25) is 4.79 Å². The molecule has 1 aliphatic rings. The van der Waals surface area contributed by atoms with Gasteiger partial charge in [0.1, 0.15) is 0 Å². The molecule has 0 radical (unpaired) electrons. The van der Waals surface area contributed by atoms with Crippen LogP contribution in [0, 0.1) is 0 Å². The molecule has 3 rings (SSSR count). The molecule has 2 nitrogen and oxygen atoms in total. The van der Waals surface area contributed by atoms with Crippen LogP contribution in [-0.2, 0) is 4.79 Å². The van der Waals surface area contributed by atoms with Gasteiger partial charge in [-0.15, -0.1) is 0 Å². The summed E-state index contributed by atoms with van der Waals surface area (Å²) in [5.74, 6) is 0.0296. The Balaban J connectivity index is 1.89. The van der Waals surface area contributed by atoms with E-state index in [4.69, 9.17) is 0 Å². The fourth-order valence-corrected chi connectivity index (χ4v) is 2.95. The summed E-state index contributed by atoms with van der Waals surface area (Å²) in [4.78, 5) is 12.7. The lowest BCUT2D eigenvalue weighted by atomic mass is 10.0. The molecular formula is C20H21NO. The smallest absolute Gasteiger partial charge is 0.252 e. The van der Waals surface area contributed by atoms with E-state index in [2.05, 4.69) is 5.32 Å². The zero-order chi connectivity index (χ0) is 15.2. The molecule has 0 aliphatic heterocycles. The van der Waals surface area contributed by atoms with Crippen LogP contribution in [0.3, 0.4) is 0 Å². The van der Waals surface area contributed by atoms with E-state index in [-0.39, 0.29) is 5.91 Å². The Labute approximate surface area is 131 Å². The van der Waals surface area contributed by atoms with E-state index in [1.54, 1.807) is 0 Å². The van der Waals surface area contributed by atoms with Crippen LogP contribution in [0.2, 0.25) is 0 Å². The van der Waals surface area contributed by atoms with Crippen LogP contribution in [0.5, 0.6) is 0 Å². The van der Waals surface area contributed by atoms with Gasteiger partial charge >= 0.3 is 0 Å². The Morgan fingerprint density at radius 3 is 2.14 bits per heavy atom. The molecule has 1 N–H and O–H groups in total. The quantitative estimate of drug-likeness (QED) is 0.661.